The Bertz CT molecular complexity index is 864. The average Bonchev–Trinajstić information content (AvgIpc) is 3.45. The average molecular weight is 396 g/mol. The number of rotatable bonds is 8. The van der Waals surface area contributed by atoms with Gasteiger partial charge in [0.2, 0.25) is 5.91 Å². The Balaban J connectivity index is 1.60. The fraction of sp³-hybridized carbons (Fsp3) is 0.391. The lowest BCUT2D eigenvalue weighted by molar-refractivity contribution is -0.117. The number of anilines is 1. The van der Waals surface area contributed by atoms with Crippen molar-refractivity contribution in [3.63, 3.8) is 0 Å². The smallest absolute Gasteiger partial charge is 0.251 e. The van der Waals surface area contributed by atoms with Gasteiger partial charge in [-0.3, -0.25) is 9.59 Å². The number of ether oxygens (including phenoxy) is 1. The molecule has 2 amide bonds. The van der Waals surface area contributed by atoms with E-state index < -0.39 is 0 Å². The number of amides is 2. The van der Waals surface area contributed by atoms with Gasteiger partial charge in [-0.15, -0.1) is 0 Å². The molecule has 0 heterocycles. The monoisotopic (exact) mass is 395 g/mol. The molecule has 2 aromatic rings. The van der Waals surface area contributed by atoms with Crippen LogP contribution in [0, 0.1) is 11.8 Å². The maximum absolute atomic E-state index is 12.6. The van der Waals surface area contributed by atoms with Crippen molar-refractivity contribution < 1.29 is 14.3 Å². The van der Waals surface area contributed by atoms with Crippen LogP contribution in [-0.2, 0) is 4.79 Å². The molecule has 2 N–H and O–H groups in total. The minimum absolute atomic E-state index is 0.0193. The molecule has 0 spiro atoms. The van der Waals surface area contributed by atoms with Gasteiger partial charge in [-0.2, -0.15) is 0 Å². The molecule has 3 atom stereocenters. The number of methoxy groups -OCH3 is 1. The van der Waals surface area contributed by atoms with Gasteiger partial charge in [0.25, 0.3) is 5.91 Å². The van der Waals surface area contributed by atoms with Gasteiger partial charge < -0.3 is 20.3 Å². The second-order valence-electron chi connectivity index (χ2n) is 7.82. The van der Waals surface area contributed by atoms with E-state index >= 15 is 0 Å². The van der Waals surface area contributed by atoms with Gasteiger partial charge in [0.05, 0.1) is 13.2 Å². The third kappa shape index (κ3) is 5.15. The second kappa shape index (κ2) is 9.09. The lowest BCUT2D eigenvalue weighted by Gasteiger charge is -2.26. The quantitative estimate of drug-likeness (QED) is 0.719. The van der Waals surface area contributed by atoms with E-state index in [9.17, 15) is 9.59 Å². The molecule has 3 unspecified atom stereocenters. The van der Waals surface area contributed by atoms with Crippen LogP contribution < -0.4 is 15.4 Å². The minimum Gasteiger partial charge on any atom is -0.496 e. The zero-order valence-electron chi connectivity index (χ0n) is 17.4. The van der Waals surface area contributed by atoms with E-state index in [1.165, 1.54) is 0 Å². The minimum atomic E-state index is -0.152. The summed E-state index contributed by atoms with van der Waals surface area (Å²) in [6.07, 6.45) is 0.950. The highest BCUT2D eigenvalue weighted by atomic mass is 16.5. The van der Waals surface area contributed by atoms with Crippen LogP contribution in [-0.4, -0.2) is 44.5 Å². The highest BCUT2D eigenvalue weighted by molar-refractivity contribution is 5.97. The van der Waals surface area contributed by atoms with E-state index in [0.717, 1.165) is 17.7 Å². The van der Waals surface area contributed by atoms with Crippen molar-refractivity contribution in [1.29, 1.82) is 0 Å². The van der Waals surface area contributed by atoms with Crippen molar-refractivity contribution in [2.45, 2.75) is 19.4 Å². The Hall–Kier alpha value is -2.86. The molecule has 0 aromatic heterocycles. The molecule has 0 radical (unpaired) electrons. The highest BCUT2D eigenvalue weighted by Gasteiger charge is 2.39. The Morgan fingerprint density at radius 3 is 2.38 bits per heavy atom. The Morgan fingerprint density at radius 1 is 1.14 bits per heavy atom. The highest BCUT2D eigenvalue weighted by Crippen LogP contribution is 2.38. The fourth-order valence-corrected chi connectivity index (χ4v) is 3.43. The molecular weight excluding hydrogens is 366 g/mol. The summed E-state index contributed by atoms with van der Waals surface area (Å²) in [7, 11) is 5.59. The topological polar surface area (TPSA) is 70.7 Å². The van der Waals surface area contributed by atoms with E-state index in [-0.39, 0.29) is 23.8 Å². The molecule has 0 saturated heterocycles. The third-order valence-corrected chi connectivity index (χ3v) is 5.44. The van der Waals surface area contributed by atoms with E-state index in [1.54, 1.807) is 31.4 Å². The Morgan fingerprint density at radius 2 is 1.79 bits per heavy atom. The van der Waals surface area contributed by atoms with Crippen LogP contribution in [0.5, 0.6) is 5.75 Å². The van der Waals surface area contributed by atoms with Crippen LogP contribution >= 0.6 is 0 Å². The lowest BCUT2D eigenvalue weighted by atomic mass is 10.0. The number of likely N-dealkylation sites (N-methyl/N-ethyl adjacent to an activating group) is 1. The number of nitrogens with one attached hydrogen (secondary N) is 2. The first kappa shape index (κ1) is 20.9. The third-order valence-electron chi connectivity index (χ3n) is 5.44. The molecule has 0 aliphatic heterocycles. The predicted octanol–water partition coefficient (Wildman–Crippen LogP) is 3.32. The number of nitrogens with zero attached hydrogens (tertiary/aromatic N) is 1. The van der Waals surface area contributed by atoms with Gasteiger partial charge in [0.1, 0.15) is 5.75 Å². The zero-order chi connectivity index (χ0) is 21.0. The molecule has 6 nitrogen and oxygen atoms in total. The van der Waals surface area contributed by atoms with Gasteiger partial charge in [-0.25, -0.2) is 0 Å². The summed E-state index contributed by atoms with van der Waals surface area (Å²) in [6, 6.07) is 14.8. The van der Waals surface area contributed by atoms with Gasteiger partial charge in [0, 0.05) is 29.3 Å². The van der Waals surface area contributed by atoms with Crippen LogP contribution in [0.15, 0.2) is 48.5 Å². The molecule has 0 bridgehead atoms. The zero-order valence-corrected chi connectivity index (χ0v) is 17.4. The first-order valence-electron chi connectivity index (χ1n) is 9.89. The van der Waals surface area contributed by atoms with Crippen molar-refractivity contribution in [2.75, 3.05) is 33.1 Å². The predicted molar refractivity (Wildman–Crippen MR) is 114 cm³/mol. The summed E-state index contributed by atoms with van der Waals surface area (Å²) in [4.78, 5) is 26.7. The van der Waals surface area contributed by atoms with Crippen LogP contribution in [0.2, 0.25) is 0 Å². The van der Waals surface area contributed by atoms with Crippen LogP contribution in [0.1, 0.15) is 35.3 Å². The summed E-state index contributed by atoms with van der Waals surface area (Å²) in [6.45, 7) is 2.52. The van der Waals surface area contributed by atoms with Crippen molar-refractivity contribution in [3.05, 3.63) is 59.7 Å². The van der Waals surface area contributed by atoms with Gasteiger partial charge in [-0.05, 0) is 56.8 Å². The van der Waals surface area contributed by atoms with Gasteiger partial charge in [-0.1, -0.05) is 25.1 Å². The largest absolute Gasteiger partial charge is 0.496 e. The van der Waals surface area contributed by atoms with E-state index in [2.05, 4.69) is 22.5 Å². The van der Waals surface area contributed by atoms with Crippen molar-refractivity contribution in [3.8, 4) is 5.75 Å². The van der Waals surface area contributed by atoms with E-state index in [4.69, 9.17) is 4.74 Å². The number of hydrogen-bond acceptors (Lipinski definition) is 4. The van der Waals surface area contributed by atoms with E-state index in [0.29, 0.717) is 23.7 Å². The molecule has 29 heavy (non-hydrogen) atoms. The maximum atomic E-state index is 12.6. The van der Waals surface area contributed by atoms with Crippen molar-refractivity contribution in [1.82, 2.24) is 10.2 Å². The van der Waals surface area contributed by atoms with Crippen LogP contribution in [0.4, 0.5) is 5.69 Å². The molecule has 1 saturated carbocycles. The summed E-state index contributed by atoms with van der Waals surface area (Å²) in [5.41, 5.74) is 2.29. The number of benzene rings is 2. The van der Waals surface area contributed by atoms with Crippen molar-refractivity contribution in [2.24, 2.45) is 11.8 Å². The molecule has 1 fully saturated rings. The normalized spacial score (nSPS) is 18.8. The maximum Gasteiger partial charge on any atom is 0.251 e. The molecule has 2 aromatic carbocycles. The number of carbonyl (C=O) groups excluding carboxylic acids is 2. The Kier molecular flexibility index (Phi) is 6.54. The summed E-state index contributed by atoms with van der Waals surface area (Å²) < 4.78 is 5.47. The lowest BCUT2D eigenvalue weighted by Crippen LogP contribution is -2.34. The van der Waals surface area contributed by atoms with E-state index in [1.807, 2.05) is 38.4 Å². The second-order valence-corrected chi connectivity index (χ2v) is 7.82. The standard InChI is InChI=1S/C23H29N3O3/c1-15-13-19(15)23(28)25-17-11-9-16(10-12-17)22(27)24-14-20(26(2)3)18-7-5-6-8-21(18)29-4/h5-12,15,19-20H,13-14H2,1-4H3,(H,24,27)(H,25,28). The molecular formula is C23H29N3O3. The van der Waals surface area contributed by atoms with Crippen molar-refractivity contribution >= 4 is 17.5 Å². The molecule has 6 heteroatoms. The fourth-order valence-electron chi connectivity index (χ4n) is 3.43. The number of hydrogen-bond donors (Lipinski definition) is 2. The SMILES string of the molecule is COc1ccccc1C(CNC(=O)c1ccc(NC(=O)C2CC2C)cc1)N(C)C. The van der Waals surface area contributed by atoms with Gasteiger partial charge >= 0.3 is 0 Å². The summed E-state index contributed by atoms with van der Waals surface area (Å²) in [5.74, 6) is 1.29. The van der Waals surface area contributed by atoms with Crippen LogP contribution in [0.3, 0.4) is 0 Å². The van der Waals surface area contributed by atoms with Crippen LogP contribution in [0.25, 0.3) is 0 Å². The first-order valence-corrected chi connectivity index (χ1v) is 9.89. The molecule has 1 aliphatic carbocycles. The molecule has 154 valence electrons. The summed E-state index contributed by atoms with van der Waals surface area (Å²) in [5, 5.41) is 5.91. The number of para-hydroxylation sites is 1. The molecule has 1 aliphatic rings. The molecule has 3 rings (SSSR count). The van der Waals surface area contributed by atoms with Gasteiger partial charge in [0.15, 0.2) is 0 Å². The number of carbonyl (C=O) groups is 2. The Labute approximate surface area is 172 Å². The first-order chi connectivity index (χ1) is 13.9. The summed E-state index contributed by atoms with van der Waals surface area (Å²) >= 11 is 0.